The largest absolute Gasteiger partial charge is 0.459 e. The number of carbonyl (C=O) groups is 7. The average Bonchev–Trinajstić information content (AvgIpc) is 3.71. The Bertz CT molecular complexity index is 3190. The van der Waals surface area contributed by atoms with E-state index in [1.165, 1.54) is 92.0 Å². The monoisotopic (exact) mass is 1080 g/mol. The zero-order valence-corrected chi connectivity index (χ0v) is 42.7. The second-order valence-corrected chi connectivity index (χ2v) is 18.0. The van der Waals surface area contributed by atoms with E-state index in [4.69, 9.17) is 52.1 Å². The van der Waals surface area contributed by atoms with Gasteiger partial charge in [-0.05, 0) is 84.9 Å². The summed E-state index contributed by atoms with van der Waals surface area (Å²) in [6.07, 6.45) is -17.7. The van der Waals surface area contributed by atoms with Crippen LogP contribution in [0.4, 0.5) is 0 Å². The van der Waals surface area contributed by atoms with Gasteiger partial charge < -0.3 is 52.1 Å². The van der Waals surface area contributed by atoms with Crippen molar-refractivity contribution in [2.24, 2.45) is 0 Å². The average molecular weight is 1090 g/mol. The van der Waals surface area contributed by atoms with E-state index in [1.807, 2.05) is 0 Å². The lowest BCUT2D eigenvalue weighted by atomic mass is 9.95. The fourth-order valence-corrected chi connectivity index (χ4v) is 8.77. The molecule has 0 bridgehead atoms. The minimum atomic E-state index is -2.04. The van der Waals surface area contributed by atoms with Gasteiger partial charge in [-0.2, -0.15) is 0 Å². The molecule has 0 aliphatic carbocycles. The molecule has 0 radical (unpaired) electrons. The van der Waals surface area contributed by atoms with Crippen LogP contribution in [-0.4, -0.2) is 124 Å². The van der Waals surface area contributed by atoms with Crippen LogP contribution in [0.1, 0.15) is 72.5 Å². The van der Waals surface area contributed by atoms with Gasteiger partial charge in [0.2, 0.25) is 0 Å². The Morgan fingerprint density at radius 2 is 0.537 bits per heavy atom. The lowest BCUT2D eigenvalue weighted by Gasteiger charge is -2.48. The summed E-state index contributed by atoms with van der Waals surface area (Å²) in [5, 5.41) is 0. The van der Waals surface area contributed by atoms with E-state index in [1.54, 1.807) is 127 Å². The number of methoxy groups -OCH3 is 1. The molecule has 5 unspecified atom stereocenters. The lowest BCUT2D eigenvalue weighted by molar-refractivity contribution is -0.354. The van der Waals surface area contributed by atoms with Gasteiger partial charge in [-0.3, -0.25) is 0 Å². The van der Waals surface area contributed by atoms with E-state index in [9.17, 15) is 33.6 Å². The summed E-state index contributed by atoms with van der Waals surface area (Å²) >= 11 is 0. The number of rotatable bonds is 19. The summed E-state index contributed by atoms with van der Waals surface area (Å²) in [6.45, 7) is -1.39. The summed E-state index contributed by atoms with van der Waals surface area (Å²) in [5.74, 6) is -6.45. The van der Waals surface area contributed by atoms with E-state index in [-0.39, 0.29) is 38.9 Å². The Kier molecular flexibility index (Phi) is 18.6. The van der Waals surface area contributed by atoms with Gasteiger partial charge >= 0.3 is 41.8 Å². The molecule has 408 valence electrons. The fourth-order valence-electron chi connectivity index (χ4n) is 8.77. The molecule has 7 aromatic carbocycles. The highest BCUT2D eigenvalue weighted by Crippen LogP contribution is 2.37. The van der Waals surface area contributed by atoms with Gasteiger partial charge in [-0.15, -0.1) is 0 Å². The topological polar surface area (TPSA) is 221 Å². The van der Waals surface area contributed by atoms with Gasteiger partial charge in [-0.1, -0.05) is 127 Å². The van der Waals surface area contributed by atoms with Crippen LogP contribution in [0.3, 0.4) is 0 Å². The second-order valence-electron chi connectivity index (χ2n) is 18.0. The molecule has 0 N–H and O–H groups in total. The standard InChI is InChI=1S/C62H52O18/c1-70-61-52(78-59(68)44-33-19-7-20-34-44)51(77-58(67)43-31-17-6-18-32-43)49(47(73-61)38-72-55(64)40-25-11-3-12-26-40)80-62-53(79-60(69)45-35-21-8-22-36-45)50(76-57(66)42-29-15-5-16-30-42)48(75-56(65)41-27-13-4-14-28-41)46(74-62)37-71-54(63)39-23-9-2-10-24-39/h2-36,46-53,61-62H,37-38H2,1H3/t46?,47?,48-,49+,50-,51?,52?,53?,61+,62-/m0/s1. The van der Waals surface area contributed by atoms with E-state index < -0.39 is 116 Å². The SMILES string of the molecule is CO[C@@H]1OC(COC(=O)c2ccccc2)[C@@H](O[C@@H]2OC(COC(=O)c3ccccc3)[C@H](OC(=O)c3ccccc3)[C@H](OC(=O)c3ccccc3)C2OC(=O)c2ccccc2)C(OC(=O)c2ccccc2)C1OC(=O)c1ccccc1. The van der Waals surface area contributed by atoms with Crippen molar-refractivity contribution in [2.45, 2.75) is 61.4 Å². The predicted octanol–water partition coefficient (Wildman–Crippen LogP) is 8.31. The van der Waals surface area contributed by atoms with Gasteiger partial charge in [0.25, 0.3) is 0 Å². The van der Waals surface area contributed by atoms with Crippen LogP contribution in [0.15, 0.2) is 212 Å². The molecule has 0 spiro atoms. The Hall–Kier alpha value is -9.33. The number of esters is 7. The first-order valence-corrected chi connectivity index (χ1v) is 25.3. The number of carbonyl (C=O) groups excluding carboxylic acids is 7. The first-order valence-electron chi connectivity index (χ1n) is 25.3. The van der Waals surface area contributed by atoms with Crippen molar-refractivity contribution in [2.75, 3.05) is 20.3 Å². The summed E-state index contributed by atoms with van der Waals surface area (Å²) in [5.41, 5.74) is 0.502. The minimum absolute atomic E-state index is 0.00771. The predicted molar refractivity (Wildman–Crippen MR) is 281 cm³/mol. The van der Waals surface area contributed by atoms with Crippen molar-refractivity contribution >= 4 is 41.8 Å². The molecule has 0 saturated carbocycles. The van der Waals surface area contributed by atoms with Crippen molar-refractivity contribution in [3.63, 3.8) is 0 Å². The van der Waals surface area contributed by atoms with Crippen molar-refractivity contribution < 1.29 is 85.7 Å². The van der Waals surface area contributed by atoms with Gasteiger partial charge in [0.05, 0.1) is 38.9 Å². The molecule has 2 heterocycles. The Morgan fingerprint density at radius 1 is 0.300 bits per heavy atom. The van der Waals surface area contributed by atoms with Gasteiger partial charge in [-0.25, -0.2) is 33.6 Å². The summed E-state index contributed by atoms with van der Waals surface area (Å²) in [6, 6.07) is 54.9. The smallest absolute Gasteiger partial charge is 0.338 e. The molecule has 2 fully saturated rings. The molecule has 10 atom stereocenters. The first kappa shape index (κ1) is 55.4. The molecule has 7 aromatic rings. The Morgan fingerprint density at radius 3 is 0.850 bits per heavy atom. The third kappa shape index (κ3) is 13.9. The van der Waals surface area contributed by atoms with Crippen LogP contribution in [0.2, 0.25) is 0 Å². The van der Waals surface area contributed by atoms with Gasteiger partial charge in [0.1, 0.15) is 31.5 Å². The Balaban J connectivity index is 1.19. The number of hydrogen-bond donors (Lipinski definition) is 0. The second kappa shape index (κ2) is 26.8. The molecule has 2 aliphatic rings. The van der Waals surface area contributed by atoms with Crippen LogP contribution in [0, 0.1) is 0 Å². The lowest BCUT2D eigenvalue weighted by Crippen LogP contribution is -2.67. The first-order chi connectivity index (χ1) is 39.0. The van der Waals surface area contributed by atoms with Gasteiger partial charge in [0.15, 0.2) is 43.1 Å². The van der Waals surface area contributed by atoms with Crippen molar-refractivity contribution in [3.05, 3.63) is 251 Å². The summed E-state index contributed by atoms with van der Waals surface area (Å²) < 4.78 is 68.9. The highest BCUT2D eigenvalue weighted by atomic mass is 16.8. The summed E-state index contributed by atoms with van der Waals surface area (Å²) in [7, 11) is 1.24. The van der Waals surface area contributed by atoms with Crippen LogP contribution < -0.4 is 0 Å². The molecule has 18 nitrogen and oxygen atoms in total. The molecular weight excluding hydrogens is 1030 g/mol. The van der Waals surface area contributed by atoms with Crippen LogP contribution in [-0.2, 0) is 52.1 Å². The molecule has 0 aromatic heterocycles. The molecule has 2 aliphatic heterocycles. The maximum absolute atomic E-state index is 14.5. The molecule has 9 rings (SSSR count). The Labute approximate surface area is 458 Å². The molecular formula is C62H52O18. The van der Waals surface area contributed by atoms with Crippen molar-refractivity contribution in [1.82, 2.24) is 0 Å². The van der Waals surface area contributed by atoms with Crippen LogP contribution in [0.5, 0.6) is 0 Å². The maximum Gasteiger partial charge on any atom is 0.338 e. The number of benzene rings is 7. The van der Waals surface area contributed by atoms with Crippen molar-refractivity contribution in [1.29, 1.82) is 0 Å². The fraction of sp³-hybridized carbons (Fsp3) is 0.210. The van der Waals surface area contributed by atoms with Crippen LogP contribution >= 0.6 is 0 Å². The zero-order valence-electron chi connectivity index (χ0n) is 42.7. The zero-order chi connectivity index (χ0) is 55.8. The normalized spacial score (nSPS) is 22.3. The van der Waals surface area contributed by atoms with Crippen molar-refractivity contribution in [3.8, 4) is 0 Å². The molecule has 80 heavy (non-hydrogen) atoms. The van der Waals surface area contributed by atoms with E-state index in [0.29, 0.717) is 0 Å². The molecule has 2 saturated heterocycles. The highest BCUT2D eigenvalue weighted by molar-refractivity contribution is 5.93. The quantitative estimate of drug-likeness (QED) is 0.0549. The molecule has 18 heteroatoms. The number of ether oxygens (including phenoxy) is 11. The molecule has 0 amide bonds. The summed E-state index contributed by atoms with van der Waals surface area (Å²) in [4.78, 5) is 99.2. The maximum atomic E-state index is 14.5. The van der Waals surface area contributed by atoms with Crippen LogP contribution in [0.25, 0.3) is 0 Å². The third-order valence-electron chi connectivity index (χ3n) is 12.7. The minimum Gasteiger partial charge on any atom is -0.459 e. The number of hydrogen-bond acceptors (Lipinski definition) is 18. The van der Waals surface area contributed by atoms with Gasteiger partial charge in [0, 0.05) is 7.11 Å². The van der Waals surface area contributed by atoms with E-state index >= 15 is 0 Å². The highest BCUT2D eigenvalue weighted by Gasteiger charge is 2.58. The third-order valence-corrected chi connectivity index (χ3v) is 12.7. The van der Waals surface area contributed by atoms with E-state index in [2.05, 4.69) is 0 Å². The van der Waals surface area contributed by atoms with E-state index in [0.717, 1.165) is 0 Å².